The Balaban J connectivity index is 1.84. The van der Waals surface area contributed by atoms with E-state index < -0.39 is 28.5 Å². The summed E-state index contributed by atoms with van der Waals surface area (Å²) < 4.78 is 36.7. The van der Waals surface area contributed by atoms with Crippen molar-refractivity contribution in [3.63, 3.8) is 0 Å². The fraction of sp³-hybridized carbons (Fsp3) is 0.250. The van der Waals surface area contributed by atoms with Crippen LogP contribution in [0.2, 0.25) is 0 Å². The lowest BCUT2D eigenvalue weighted by Crippen LogP contribution is -2.30. The molecule has 33 heavy (non-hydrogen) atoms. The second kappa shape index (κ2) is 12.6. The van der Waals surface area contributed by atoms with Crippen LogP contribution in [0.1, 0.15) is 19.4 Å². The third-order valence-corrected chi connectivity index (χ3v) is 6.55. The first-order valence-electron chi connectivity index (χ1n) is 10.4. The summed E-state index contributed by atoms with van der Waals surface area (Å²) in [5.74, 6) is -0.525. The lowest BCUT2D eigenvalue weighted by atomic mass is 10.2. The molecule has 0 atom stereocenters. The molecule has 2 aromatic carbocycles. The molecule has 2 rings (SSSR count). The van der Waals surface area contributed by atoms with Crippen molar-refractivity contribution in [2.45, 2.75) is 18.7 Å². The van der Waals surface area contributed by atoms with Gasteiger partial charge in [-0.2, -0.15) is 4.31 Å². The average molecular weight is 473 g/mol. The van der Waals surface area contributed by atoms with E-state index in [1.165, 1.54) is 34.6 Å². The van der Waals surface area contributed by atoms with Gasteiger partial charge in [-0.25, -0.2) is 13.2 Å². The van der Waals surface area contributed by atoms with Crippen LogP contribution in [0.4, 0.5) is 5.69 Å². The van der Waals surface area contributed by atoms with E-state index >= 15 is 0 Å². The molecule has 0 bridgehead atoms. The molecule has 176 valence electrons. The molecule has 9 heteroatoms. The van der Waals surface area contributed by atoms with Crippen molar-refractivity contribution >= 4 is 33.7 Å². The predicted octanol–water partition coefficient (Wildman–Crippen LogP) is 3.48. The van der Waals surface area contributed by atoms with Crippen LogP contribution < -0.4 is 10.1 Å². The maximum atomic E-state index is 12.5. The molecule has 0 saturated heterocycles. The van der Waals surface area contributed by atoms with Crippen molar-refractivity contribution in [3.8, 4) is 5.75 Å². The Labute approximate surface area is 194 Å². The Morgan fingerprint density at radius 1 is 1.03 bits per heavy atom. The number of rotatable bonds is 12. The van der Waals surface area contributed by atoms with Crippen molar-refractivity contribution in [1.82, 2.24) is 4.31 Å². The first-order valence-corrected chi connectivity index (χ1v) is 11.8. The smallest absolute Gasteiger partial charge is 0.331 e. The zero-order valence-corrected chi connectivity index (χ0v) is 19.5. The van der Waals surface area contributed by atoms with Crippen LogP contribution in [0.15, 0.2) is 72.2 Å². The van der Waals surface area contributed by atoms with Gasteiger partial charge in [0.1, 0.15) is 12.4 Å². The lowest BCUT2D eigenvalue weighted by molar-refractivity contribution is -0.142. The van der Waals surface area contributed by atoms with Gasteiger partial charge >= 0.3 is 5.97 Å². The quantitative estimate of drug-likeness (QED) is 0.288. The highest BCUT2D eigenvalue weighted by Gasteiger charge is 2.21. The molecule has 1 amide bonds. The largest absolute Gasteiger partial charge is 0.490 e. The number of sulfonamides is 1. The molecule has 8 nitrogen and oxygen atoms in total. The first kappa shape index (κ1) is 25.8. The van der Waals surface area contributed by atoms with E-state index in [2.05, 4.69) is 11.9 Å². The summed E-state index contributed by atoms with van der Waals surface area (Å²) >= 11 is 0. The van der Waals surface area contributed by atoms with E-state index in [4.69, 9.17) is 9.47 Å². The summed E-state index contributed by atoms with van der Waals surface area (Å²) in [5, 5.41) is 2.56. The van der Waals surface area contributed by atoms with Gasteiger partial charge in [0, 0.05) is 24.9 Å². The van der Waals surface area contributed by atoms with Gasteiger partial charge in [0.25, 0.3) is 5.91 Å². The Bertz CT molecular complexity index is 1070. The summed E-state index contributed by atoms with van der Waals surface area (Å²) in [7, 11) is -3.57. The van der Waals surface area contributed by atoms with Gasteiger partial charge < -0.3 is 14.8 Å². The maximum absolute atomic E-state index is 12.5. The van der Waals surface area contributed by atoms with E-state index in [1.807, 2.05) is 0 Å². The fourth-order valence-corrected chi connectivity index (χ4v) is 4.26. The first-order chi connectivity index (χ1) is 15.8. The van der Waals surface area contributed by atoms with Gasteiger partial charge in [-0.3, -0.25) is 4.79 Å². The zero-order valence-electron chi connectivity index (χ0n) is 18.7. The normalized spacial score (nSPS) is 11.4. The minimum Gasteiger partial charge on any atom is -0.490 e. The predicted molar refractivity (Wildman–Crippen MR) is 127 cm³/mol. The van der Waals surface area contributed by atoms with Gasteiger partial charge in [0.05, 0.1) is 4.90 Å². The highest BCUT2D eigenvalue weighted by molar-refractivity contribution is 7.89. The van der Waals surface area contributed by atoms with Crippen LogP contribution in [-0.4, -0.2) is 50.9 Å². The van der Waals surface area contributed by atoms with Crippen LogP contribution >= 0.6 is 0 Å². The summed E-state index contributed by atoms with van der Waals surface area (Å²) in [6.45, 7) is 7.78. The van der Waals surface area contributed by atoms with Crippen LogP contribution in [0.3, 0.4) is 0 Å². The van der Waals surface area contributed by atoms with Gasteiger partial charge in [0.2, 0.25) is 10.0 Å². The third-order valence-electron chi connectivity index (χ3n) is 4.49. The standard InChI is InChI=1S/C24H28N2O6S/c1-4-17-31-21-12-7-19(8-13-21)9-16-24(28)32-18-23(27)25-20-10-14-22(15-11-20)33(29,30)26(5-2)6-3/h4,7-16H,1,5-6,17-18H2,2-3H3,(H,25,27)/b16-9+. The molecule has 0 fully saturated rings. The average Bonchev–Trinajstić information content (AvgIpc) is 2.81. The monoisotopic (exact) mass is 472 g/mol. The third kappa shape index (κ3) is 7.89. The second-order valence-corrected chi connectivity index (χ2v) is 8.71. The number of nitrogens with zero attached hydrogens (tertiary/aromatic N) is 1. The van der Waals surface area contributed by atoms with E-state index in [-0.39, 0.29) is 4.90 Å². The molecular formula is C24H28N2O6S. The molecular weight excluding hydrogens is 444 g/mol. The number of ether oxygens (including phenoxy) is 2. The van der Waals surface area contributed by atoms with Gasteiger partial charge in [-0.05, 0) is 48.0 Å². The van der Waals surface area contributed by atoms with Crippen molar-refractivity contribution in [2.24, 2.45) is 0 Å². The molecule has 0 radical (unpaired) electrons. The molecule has 0 spiro atoms. The summed E-state index contributed by atoms with van der Waals surface area (Å²) in [5.41, 5.74) is 1.16. The lowest BCUT2D eigenvalue weighted by Gasteiger charge is -2.18. The fourth-order valence-electron chi connectivity index (χ4n) is 2.80. The van der Waals surface area contributed by atoms with Crippen LogP contribution in [-0.2, 0) is 24.3 Å². The van der Waals surface area contributed by atoms with E-state index in [9.17, 15) is 18.0 Å². The number of anilines is 1. The van der Waals surface area contributed by atoms with Gasteiger partial charge in [-0.1, -0.05) is 38.6 Å². The van der Waals surface area contributed by atoms with Crippen molar-refractivity contribution in [3.05, 3.63) is 72.8 Å². The number of nitrogens with one attached hydrogen (secondary N) is 1. The molecule has 0 unspecified atom stereocenters. The van der Waals surface area contributed by atoms with Crippen molar-refractivity contribution in [2.75, 3.05) is 31.6 Å². The number of benzene rings is 2. The number of esters is 1. The zero-order chi connectivity index (χ0) is 24.3. The van der Waals surface area contributed by atoms with Gasteiger partial charge in [0.15, 0.2) is 6.61 Å². The number of hydrogen-bond acceptors (Lipinski definition) is 6. The Hall–Kier alpha value is -3.43. The summed E-state index contributed by atoms with van der Waals surface area (Å²) in [6.07, 6.45) is 4.43. The summed E-state index contributed by atoms with van der Waals surface area (Å²) in [6, 6.07) is 12.9. The Kier molecular flexibility index (Phi) is 9.84. The molecule has 0 aliphatic heterocycles. The minimum absolute atomic E-state index is 0.140. The highest BCUT2D eigenvalue weighted by Crippen LogP contribution is 2.18. The molecule has 0 heterocycles. The number of hydrogen-bond donors (Lipinski definition) is 1. The molecule has 0 saturated carbocycles. The van der Waals surface area contributed by atoms with E-state index in [0.29, 0.717) is 31.1 Å². The molecule has 1 N–H and O–H groups in total. The second-order valence-electron chi connectivity index (χ2n) is 6.77. The summed E-state index contributed by atoms with van der Waals surface area (Å²) in [4.78, 5) is 24.0. The molecule has 0 aliphatic carbocycles. The van der Waals surface area contributed by atoms with Crippen LogP contribution in [0, 0.1) is 0 Å². The molecule has 0 aromatic heterocycles. The van der Waals surface area contributed by atoms with E-state index in [1.54, 1.807) is 50.3 Å². The van der Waals surface area contributed by atoms with Crippen molar-refractivity contribution < 1.29 is 27.5 Å². The molecule has 2 aromatic rings. The number of carbonyl (C=O) groups excluding carboxylic acids is 2. The van der Waals surface area contributed by atoms with Crippen molar-refractivity contribution in [1.29, 1.82) is 0 Å². The Morgan fingerprint density at radius 3 is 2.24 bits per heavy atom. The Morgan fingerprint density at radius 2 is 1.67 bits per heavy atom. The van der Waals surface area contributed by atoms with Crippen LogP contribution in [0.25, 0.3) is 6.08 Å². The molecule has 0 aliphatic rings. The minimum atomic E-state index is -3.57. The van der Waals surface area contributed by atoms with Crippen LogP contribution in [0.5, 0.6) is 5.75 Å². The SMILES string of the molecule is C=CCOc1ccc(/C=C/C(=O)OCC(=O)Nc2ccc(S(=O)(=O)N(CC)CC)cc2)cc1. The number of carbonyl (C=O) groups is 2. The highest BCUT2D eigenvalue weighted by atomic mass is 32.2. The van der Waals surface area contributed by atoms with E-state index in [0.717, 1.165) is 5.56 Å². The topological polar surface area (TPSA) is 102 Å². The number of amides is 1. The maximum Gasteiger partial charge on any atom is 0.331 e. The van der Waals surface area contributed by atoms with Gasteiger partial charge in [-0.15, -0.1) is 0 Å².